The topological polar surface area (TPSA) is 41.1 Å². The lowest BCUT2D eigenvalue weighted by atomic mass is 9.92. The molecule has 2 bridgehead atoms. The van der Waals surface area contributed by atoms with Gasteiger partial charge in [0.05, 0.1) is 6.42 Å². The van der Waals surface area contributed by atoms with Crippen LogP contribution in [0.1, 0.15) is 31.2 Å². The molecule has 2 aliphatic heterocycles. The molecular formula is C16H22N2O. The van der Waals surface area contributed by atoms with E-state index in [9.17, 15) is 4.79 Å². The number of benzene rings is 1. The van der Waals surface area contributed by atoms with E-state index in [-0.39, 0.29) is 5.91 Å². The third-order valence-corrected chi connectivity index (χ3v) is 4.37. The number of fused-ring (bicyclic) bond motifs is 2. The summed E-state index contributed by atoms with van der Waals surface area (Å²) in [5, 5.41) is 6.74. The van der Waals surface area contributed by atoms with Crippen molar-refractivity contribution < 1.29 is 4.79 Å². The van der Waals surface area contributed by atoms with E-state index in [0.717, 1.165) is 12.1 Å². The molecule has 3 heteroatoms. The Bertz CT molecular complexity index is 420. The summed E-state index contributed by atoms with van der Waals surface area (Å²) in [6, 6.07) is 11.4. The molecule has 1 amide bonds. The number of amides is 1. The standard InChI is InChI=1S/C16H22N2O/c19-16(10-12-4-2-1-3-5-12)17-11-13-8-14-6-7-15(9-13)18-14/h1-5,13-15,18H,6-11H2,(H,17,19). The van der Waals surface area contributed by atoms with E-state index in [1.165, 1.54) is 25.7 Å². The summed E-state index contributed by atoms with van der Waals surface area (Å²) in [5.41, 5.74) is 1.09. The van der Waals surface area contributed by atoms with Crippen LogP contribution in [0.2, 0.25) is 0 Å². The molecule has 2 aliphatic rings. The van der Waals surface area contributed by atoms with Crippen LogP contribution in [-0.2, 0) is 11.2 Å². The molecule has 3 rings (SSSR count). The SMILES string of the molecule is O=C(Cc1ccccc1)NCC1CC2CCC(C1)N2. The molecule has 1 aromatic carbocycles. The van der Waals surface area contributed by atoms with E-state index in [2.05, 4.69) is 10.6 Å². The number of carbonyl (C=O) groups excluding carboxylic acids is 1. The Kier molecular flexibility index (Phi) is 3.83. The smallest absolute Gasteiger partial charge is 0.224 e. The van der Waals surface area contributed by atoms with Crippen molar-refractivity contribution in [1.82, 2.24) is 10.6 Å². The highest BCUT2D eigenvalue weighted by Gasteiger charge is 2.33. The maximum absolute atomic E-state index is 11.9. The van der Waals surface area contributed by atoms with Gasteiger partial charge in [-0.3, -0.25) is 4.79 Å². The van der Waals surface area contributed by atoms with Gasteiger partial charge in [-0.1, -0.05) is 30.3 Å². The van der Waals surface area contributed by atoms with E-state index in [1.807, 2.05) is 30.3 Å². The summed E-state index contributed by atoms with van der Waals surface area (Å²) in [6.45, 7) is 0.848. The van der Waals surface area contributed by atoms with E-state index >= 15 is 0 Å². The van der Waals surface area contributed by atoms with Gasteiger partial charge in [-0.05, 0) is 37.2 Å². The highest BCUT2D eigenvalue weighted by atomic mass is 16.1. The molecule has 0 radical (unpaired) electrons. The largest absolute Gasteiger partial charge is 0.356 e. The van der Waals surface area contributed by atoms with Gasteiger partial charge in [0.25, 0.3) is 0 Å². The average Bonchev–Trinajstić information content (AvgIpc) is 2.77. The summed E-state index contributed by atoms with van der Waals surface area (Å²) >= 11 is 0. The molecule has 0 aliphatic carbocycles. The van der Waals surface area contributed by atoms with Gasteiger partial charge in [0.1, 0.15) is 0 Å². The normalized spacial score (nSPS) is 29.2. The van der Waals surface area contributed by atoms with E-state index in [1.54, 1.807) is 0 Å². The summed E-state index contributed by atoms with van der Waals surface area (Å²) in [4.78, 5) is 11.9. The molecular weight excluding hydrogens is 236 g/mol. The molecule has 2 heterocycles. The molecule has 2 unspecified atom stereocenters. The molecule has 0 spiro atoms. The van der Waals surface area contributed by atoms with Crippen molar-refractivity contribution in [2.24, 2.45) is 5.92 Å². The molecule has 19 heavy (non-hydrogen) atoms. The molecule has 0 aromatic heterocycles. The molecule has 0 saturated carbocycles. The molecule has 2 fully saturated rings. The van der Waals surface area contributed by atoms with Crippen molar-refractivity contribution in [2.75, 3.05) is 6.54 Å². The Labute approximate surface area is 114 Å². The minimum Gasteiger partial charge on any atom is -0.356 e. The first-order chi connectivity index (χ1) is 9.29. The monoisotopic (exact) mass is 258 g/mol. The Balaban J connectivity index is 1.43. The van der Waals surface area contributed by atoms with Crippen LogP contribution in [0.5, 0.6) is 0 Å². The van der Waals surface area contributed by atoms with E-state index in [0.29, 0.717) is 24.4 Å². The highest BCUT2D eigenvalue weighted by Crippen LogP contribution is 2.30. The Morgan fingerprint density at radius 1 is 1.16 bits per heavy atom. The van der Waals surface area contributed by atoms with Gasteiger partial charge in [-0.25, -0.2) is 0 Å². The number of hydrogen-bond donors (Lipinski definition) is 2. The lowest BCUT2D eigenvalue weighted by Gasteiger charge is -2.29. The second-order valence-corrected chi connectivity index (χ2v) is 5.94. The maximum atomic E-state index is 11.9. The number of piperidine rings is 1. The number of nitrogens with one attached hydrogen (secondary N) is 2. The van der Waals surface area contributed by atoms with Crippen LogP contribution in [0.4, 0.5) is 0 Å². The lowest BCUT2D eigenvalue weighted by molar-refractivity contribution is -0.120. The second-order valence-electron chi connectivity index (χ2n) is 5.94. The van der Waals surface area contributed by atoms with Gasteiger partial charge >= 0.3 is 0 Å². The van der Waals surface area contributed by atoms with Gasteiger partial charge in [0.2, 0.25) is 5.91 Å². The van der Waals surface area contributed by atoms with Crippen molar-refractivity contribution in [3.63, 3.8) is 0 Å². The maximum Gasteiger partial charge on any atom is 0.224 e. The van der Waals surface area contributed by atoms with Crippen molar-refractivity contribution >= 4 is 5.91 Å². The van der Waals surface area contributed by atoms with Gasteiger partial charge in [-0.2, -0.15) is 0 Å². The predicted molar refractivity (Wildman–Crippen MR) is 75.8 cm³/mol. The van der Waals surface area contributed by atoms with Crippen LogP contribution in [0, 0.1) is 5.92 Å². The third-order valence-electron chi connectivity index (χ3n) is 4.37. The third kappa shape index (κ3) is 3.35. The van der Waals surface area contributed by atoms with Crippen molar-refractivity contribution in [3.8, 4) is 0 Å². The number of rotatable bonds is 4. The number of hydrogen-bond acceptors (Lipinski definition) is 2. The van der Waals surface area contributed by atoms with Crippen LogP contribution in [0.3, 0.4) is 0 Å². The fourth-order valence-electron chi connectivity index (χ4n) is 3.44. The molecule has 2 atom stereocenters. The van der Waals surface area contributed by atoms with E-state index in [4.69, 9.17) is 0 Å². The highest BCUT2D eigenvalue weighted by molar-refractivity contribution is 5.78. The van der Waals surface area contributed by atoms with Crippen LogP contribution < -0.4 is 10.6 Å². The van der Waals surface area contributed by atoms with Crippen molar-refractivity contribution in [3.05, 3.63) is 35.9 Å². The fraction of sp³-hybridized carbons (Fsp3) is 0.562. The summed E-state index contributed by atoms with van der Waals surface area (Å²) < 4.78 is 0. The van der Waals surface area contributed by atoms with Gasteiger partial charge in [-0.15, -0.1) is 0 Å². The zero-order valence-electron chi connectivity index (χ0n) is 11.3. The summed E-state index contributed by atoms with van der Waals surface area (Å²) in [7, 11) is 0. The first-order valence-corrected chi connectivity index (χ1v) is 7.36. The Hall–Kier alpha value is -1.35. The molecule has 2 saturated heterocycles. The molecule has 3 nitrogen and oxygen atoms in total. The van der Waals surface area contributed by atoms with Crippen LogP contribution in [0.25, 0.3) is 0 Å². The van der Waals surface area contributed by atoms with Crippen molar-refractivity contribution in [2.45, 2.75) is 44.2 Å². The quantitative estimate of drug-likeness (QED) is 0.865. The number of carbonyl (C=O) groups is 1. The summed E-state index contributed by atoms with van der Waals surface area (Å²) in [6.07, 6.45) is 5.58. The van der Waals surface area contributed by atoms with Gasteiger partial charge < -0.3 is 10.6 Å². The molecule has 2 N–H and O–H groups in total. The van der Waals surface area contributed by atoms with Gasteiger partial charge in [0.15, 0.2) is 0 Å². The average molecular weight is 258 g/mol. The van der Waals surface area contributed by atoms with Crippen LogP contribution in [0.15, 0.2) is 30.3 Å². The zero-order valence-corrected chi connectivity index (χ0v) is 11.3. The van der Waals surface area contributed by atoms with E-state index < -0.39 is 0 Å². The minimum absolute atomic E-state index is 0.150. The lowest BCUT2D eigenvalue weighted by Crippen LogP contribution is -2.42. The molecule has 1 aromatic rings. The minimum atomic E-state index is 0.150. The Morgan fingerprint density at radius 3 is 2.53 bits per heavy atom. The first kappa shape index (κ1) is 12.7. The predicted octanol–water partition coefficient (Wildman–Crippen LogP) is 1.88. The first-order valence-electron chi connectivity index (χ1n) is 7.36. The van der Waals surface area contributed by atoms with Gasteiger partial charge in [0, 0.05) is 18.6 Å². The van der Waals surface area contributed by atoms with Crippen molar-refractivity contribution in [1.29, 1.82) is 0 Å². The zero-order chi connectivity index (χ0) is 13.1. The summed E-state index contributed by atoms with van der Waals surface area (Å²) in [5.74, 6) is 0.815. The fourth-order valence-corrected chi connectivity index (χ4v) is 3.44. The molecule has 102 valence electrons. The van der Waals surface area contributed by atoms with Crippen LogP contribution in [-0.4, -0.2) is 24.5 Å². The second kappa shape index (κ2) is 5.74. The van der Waals surface area contributed by atoms with Crippen LogP contribution >= 0.6 is 0 Å². The Morgan fingerprint density at radius 2 is 1.84 bits per heavy atom.